The van der Waals surface area contributed by atoms with Crippen LogP contribution in [0.1, 0.15) is 5.69 Å². The first-order valence-corrected chi connectivity index (χ1v) is 5.63. The molecule has 0 amide bonds. The molecule has 92 valence electrons. The summed E-state index contributed by atoms with van der Waals surface area (Å²) in [6, 6.07) is 1.65. The number of rotatable bonds is 3. The number of nitrogen functional groups attached to an aromatic ring is 1. The Kier molecular flexibility index (Phi) is 3.33. The predicted molar refractivity (Wildman–Crippen MR) is 64.0 cm³/mol. The summed E-state index contributed by atoms with van der Waals surface area (Å²) in [6.07, 6.45) is 3.08. The molecule has 18 heavy (non-hydrogen) atoms. The van der Waals surface area contributed by atoms with E-state index in [1.807, 2.05) is 0 Å². The third-order valence-electron chi connectivity index (χ3n) is 1.96. The molecule has 0 aromatic carbocycles. The Morgan fingerprint density at radius 2 is 2.00 bits per heavy atom. The fraction of sp³-hybridized carbons (Fsp3) is 0.111. The van der Waals surface area contributed by atoms with Gasteiger partial charge in [0.05, 0.1) is 4.92 Å². The van der Waals surface area contributed by atoms with Crippen molar-refractivity contribution < 1.29 is 4.92 Å². The maximum atomic E-state index is 11.0. The van der Waals surface area contributed by atoms with Crippen molar-refractivity contribution in [2.75, 3.05) is 5.73 Å². The average molecular weight is 264 g/mol. The fourth-order valence-electron chi connectivity index (χ4n) is 1.27. The largest absolute Gasteiger partial charge is 0.368 e. The fourth-order valence-corrected chi connectivity index (χ4v) is 2.13. The van der Waals surface area contributed by atoms with Crippen molar-refractivity contribution in [1.82, 2.24) is 19.9 Å². The van der Waals surface area contributed by atoms with Crippen LogP contribution in [0.25, 0.3) is 0 Å². The summed E-state index contributed by atoms with van der Waals surface area (Å²) >= 11 is 0.976. The maximum Gasteiger partial charge on any atom is 0.322 e. The van der Waals surface area contributed by atoms with Crippen LogP contribution < -0.4 is 5.73 Å². The van der Waals surface area contributed by atoms with Crippen LogP contribution in [-0.2, 0) is 0 Å². The Balaban J connectivity index is 2.46. The average Bonchev–Trinajstić information content (AvgIpc) is 2.28. The molecule has 0 bridgehead atoms. The Morgan fingerprint density at radius 3 is 2.61 bits per heavy atom. The number of anilines is 1. The SMILES string of the molecule is Cc1nc(N)nc(Sc2ncccn2)c1[N+](=O)[O-]. The summed E-state index contributed by atoms with van der Waals surface area (Å²) in [7, 11) is 0. The van der Waals surface area contributed by atoms with Gasteiger partial charge in [-0.3, -0.25) is 10.1 Å². The summed E-state index contributed by atoms with van der Waals surface area (Å²) < 4.78 is 0. The molecule has 0 unspecified atom stereocenters. The monoisotopic (exact) mass is 264 g/mol. The summed E-state index contributed by atoms with van der Waals surface area (Å²) in [5.41, 5.74) is 5.52. The van der Waals surface area contributed by atoms with Gasteiger partial charge in [-0.15, -0.1) is 0 Å². The maximum absolute atomic E-state index is 11.0. The molecule has 2 heterocycles. The zero-order valence-electron chi connectivity index (χ0n) is 9.27. The highest BCUT2D eigenvalue weighted by Gasteiger charge is 2.22. The number of nitro groups is 1. The van der Waals surface area contributed by atoms with Crippen LogP contribution in [0.4, 0.5) is 11.6 Å². The van der Waals surface area contributed by atoms with Crippen LogP contribution in [0, 0.1) is 17.0 Å². The normalized spacial score (nSPS) is 10.3. The van der Waals surface area contributed by atoms with E-state index in [0.717, 1.165) is 11.8 Å². The number of hydrogen-bond donors (Lipinski definition) is 1. The van der Waals surface area contributed by atoms with Gasteiger partial charge >= 0.3 is 5.69 Å². The number of nitrogens with zero attached hydrogens (tertiary/aromatic N) is 5. The Morgan fingerprint density at radius 1 is 1.33 bits per heavy atom. The van der Waals surface area contributed by atoms with E-state index in [0.29, 0.717) is 5.16 Å². The standard InChI is InChI=1S/C9H8N6O2S/c1-5-6(15(16)17)7(14-8(10)13-5)18-9-11-3-2-4-12-9/h2-4H,1H3,(H2,10,13,14). The molecule has 0 saturated carbocycles. The summed E-state index contributed by atoms with van der Waals surface area (Å²) in [5, 5.41) is 11.5. The van der Waals surface area contributed by atoms with E-state index in [4.69, 9.17) is 5.73 Å². The van der Waals surface area contributed by atoms with Crippen LogP contribution in [0.5, 0.6) is 0 Å². The lowest BCUT2D eigenvalue weighted by Crippen LogP contribution is -2.04. The van der Waals surface area contributed by atoms with Gasteiger partial charge in [-0.1, -0.05) is 0 Å². The van der Waals surface area contributed by atoms with Crippen LogP contribution in [0.15, 0.2) is 28.6 Å². The lowest BCUT2D eigenvalue weighted by atomic mass is 10.4. The highest BCUT2D eigenvalue weighted by atomic mass is 32.2. The first-order valence-electron chi connectivity index (χ1n) is 4.81. The predicted octanol–water partition coefficient (Wildman–Crippen LogP) is 1.22. The van der Waals surface area contributed by atoms with E-state index in [1.165, 1.54) is 6.92 Å². The molecule has 2 aromatic heterocycles. The van der Waals surface area contributed by atoms with Gasteiger partial charge in [0.25, 0.3) is 0 Å². The molecule has 8 nitrogen and oxygen atoms in total. The zero-order valence-corrected chi connectivity index (χ0v) is 10.1. The molecule has 0 fully saturated rings. The van der Waals surface area contributed by atoms with Gasteiger partial charge in [0, 0.05) is 12.4 Å². The molecule has 9 heteroatoms. The molecule has 2 aromatic rings. The Labute approximate surface area is 106 Å². The van der Waals surface area contributed by atoms with E-state index in [-0.39, 0.29) is 22.4 Å². The highest BCUT2D eigenvalue weighted by Crippen LogP contribution is 2.32. The number of aromatic nitrogens is 4. The van der Waals surface area contributed by atoms with Crippen LogP contribution in [0.3, 0.4) is 0 Å². The second-order valence-corrected chi connectivity index (χ2v) is 4.17. The van der Waals surface area contributed by atoms with Gasteiger partial charge in [0.2, 0.25) is 5.95 Å². The smallest absolute Gasteiger partial charge is 0.322 e. The van der Waals surface area contributed by atoms with Crippen molar-refractivity contribution in [3.8, 4) is 0 Å². The van der Waals surface area contributed by atoms with Crippen molar-refractivity contribution in [2.24, 2.45) is 0 Å². The van der Waals surface area contributed by atoms with E-state index >= 15 is 0 Å². The van der Waals surface area contributed by atoms with E-state index in [1.54, 1.807) is 18.5 Å². The third-order valence-corrected chi connectivity index (χ3v) is 2.83. The van der Waals surface area contributed by atoms with Gasteiger partial charge in [-0.05, 0) is 24.8 Å². The zero-order chi connectivity index (χ0) is 13.1. The van der Waals surface area contributed by atoms with E-state index in [9.17, 15) is 10.1 Å². The lowest BCUT2D eigenvalue weighted by Gasteiger charge is -2.03. The summed E-state index contributed by atoms with van der Waals surface area (Å²) in [5.74, 6) is -0.0171. The summed E-state index contributed by atoms with van der Waals surface area (Å²) in [6.45, 7) is 1.51. The van der Waals surface area contributed by atoms with Gasteiger partial charge in [0.15, 0.2) is 10.2 Å². The highest BCUT2D eigenvalue weighted by molar-refractivity contribution is 7.99. The molecule has 2 rings (SSSR count). The van der Waals surface area contributed by atoms with Crippen molar-refractivity contribution in [3.05, 3.63) is 34.3 Å². The minimum Gasteiger partial charge on any atom is -0.368 e. The van der Waals surface area contributed by atoms with Gasteiger partial charge in [-0.2, -0.15) is 4.98 Å². The second-order valence-electron chi connectivity index (χ2n) is 3.21. The molecule has 0 aliphatic heterocycles. The van der Waals surface area contributed by atoms with Crippen LogP contribution >= 0.6 is 11.8 Å². The van der Waals surface area contributed by atoms with Crippen LogP contribution in [-0.4, -0.2) is 24.9 Å². The Hall–Kier alpha value is -2.29. The van der Waals surface area contributed by atoms with Crippen molar-refractivity contribution >= 4 is 23.4 Å². The molecular formula is C9H8N6O2S. The lowest BCUT2D eigenvalue weighted by molar-refractivity contribution is -0.389. The number of nitrogens with two attached hydrogens (primary N) is 1. The molecular weight excluding hydrogens is 256 g/mol. The Bertz CT molecular complexity index is 591. The van der Waals surface area contributed by atoms with Crippen molar-refractivity contribution in [3.63, 3.8) is 0 Å². The molecule has 0 radical (unpaired) electrons. The first kappa shape index (κ1) is 12.2. The summed E-state index contributed by atoms with van der Waals surface area (Å²) in [4.78, 5) is 26.0. The molecule has 0 atom stereocenters. The third kappa shape index (κ3) is 2.51. The molecule has 0 aliphatic carbocycles. The van der Waals surface area contributed by atoms with Gasteiger partial charge in [-0.25, -0.2) is 15.0 Å². The van der Waals surface area contributed by atoms with Crippen LogP contribution in [0.2, 0.25) is 0 Å². The number of aryl methyl sites for hydroxylation is 1. The van der Waals surface area contributed by atoms with Crippen molar-refractivity contribution in [2.45, 2.75) is 17.1 Å². The number of hydrogen-bond acceptors (Lipinski definition) is 8. The van der Waals surface area contributed by atoms with Crippen molar-refractivity contribution in [1.29, 1.82) is 0 Å². The minimum absolute atomic E-state index is 0.0171. The first-order chi connectivity index (χ1) is 8.58. The van der Waals surface area contributed by atoms with Gasteiger partial charge in [0.1, 0.15) is 5.69 Å². The molecule has 2 N–H and O–H groups in total. The molecule has 0 saturated heterocycles. The van der Waals surface area contributed by atoms with Gasteiger partial charge < -0.3 is 5.73 Å². The second kappa shape index (κ2) is 4.92. The molecule has 0 aliphatic rings. The van der Waals surface area contributed by atoms with E-state index < -0.39 is 4.92 Å². The topological polar surface area (TPSA) is 121 Å². The minimum atomic E-state index is -0.542. The molecule has 0 spiro atoms. The quantitative estimate of drug-likeness (QED) is 0.380. The van der Waals surface area contributed by atoms with E-state index in [2.05, 4.69) is 19.9 Å².